The summed E-state index contributed by atoms with van der Waals surface area (Å²) in [6.45, 7) is 0. The van der Waals surface area contributed by atoms with Gasteiger partial charge in [-0.1, -0.05) is 6.07 Å². The second kappa shape index (κ2) is 5.43. The molecule has 2 aromatic heterocycles. The molecule has 0 fully saturated rings. The molecule has 1 aromatic carbocycles. The molecular formula is C16H13NO2S. The van der Waals surface area contributed by atoms with Crippen LogP contribution in [0.25, 0.3) is 10.9 Å². The van der Waals surface area contributed by atoms with Crippen LogP contribution in [0.5, 0.6) is 0 Å². The third-order valence-electron chi connectivity index (χ3n) is 3.25. The van der Waals surface area contributed by atoms with Gasteiger partial charge in [0.25, 0.3) is 0 Å². The van der Waals surface area contributed by atoms with E-state index in [2.05, 4.69) is 4.98 Å². The van der Waals surface area contributed by atoms with E-state index in [0.717, 1.165) is 15.8 Å². The maximum atomic E-state index is 12.1. The van der Waals surface area contributed by atoms with Gasteiger partial charge in [-0.25, -0.2) is 0 Å². The quantitative estimate of drug-likeness (QED) is 0.717. The number of aromatic nitrogens is 1. The monoisotopic (exact) mass is 283 g/mol. The summed E-state index contributed by atoms with van der Waals surface area (Å²) in [6, 6.07) is 11.1. The number of thiophene rings is 1. The first kappa shape index (κ1) is 12.8. The molecule has 0 unspecified atom stereocenters. The van der Waals surface area contributed by atoms with Crippen LogP contribution in [0.2, 0.25) is 0 Å². The average molecular weight is 283 g/mol. The Balaban J connectivity index is 1.68. The molecule has 0 atom stereocenters. The summed E-state index contributed by atoms with van der Waals surface area (Å²) in [4.78, 5) is 27.8. The van der Waals surface area contributed by atoms with Gasteiger partial charge < -0.3 is 4.98 Å². The molecule has 0 saturated carbocycles. The summed E-state index contributed by atoms with van der Waals surface area (Å²) >= 11 is 1.42. The minimum Gasteiger partial charge on any atom is -0.361 e. The number of carbonyl (C=O) groups excluding carboxylic acids is 2. The van der Waals surface area contributed by atoms with E-state index < -0.39 is 0 Å². The summed E-state index contributed by atoms with van der Waals surface area (Å²) in [5.41, 5.74) is 1.67. The van der Waals surface area contributed by atoms with Crippen molar-refractivity contribution >= 4 is 33.8 Å². The summed E-state index contributed by atoms with van der Waals surface area (Å²) in [6.07, 6.45) is 2.37. The number of hydrogen-bond acceptors (Lipinski definition) is 3. The van der Waals surface area contributed by atoms with Gasteiger partial charge in [-0.15, -0.1) is 11.3 Å². The number of nitrogens with one attached hydrogen (secondary N) is 1. The van der Waals surface area contributed by atoms with Gasteiger partial charge in [0, 0.05) is 35.5 Å². The molecule has 0 saturated heterocycles. The maximum Gasteiger partial charge on any atom is 0.173 e. The standard InChI is InChI=1S/C16H13NO2S/c18-14(5-6-15(19)16-2-1-9-20-16)12-3-4-13-11(10-12)7-8-17-13/h1-4,7-10,17H,5-6H2. The third-order valence-corrected chi connectivity index (χ3v) is 4.16. The van der Waals surface area contributed by atoms with Crippen molar-refractivity contribution in [2.24, 2.45) is 0 Å². The van der Waals surface area contributed by atoms with Crippen LogP contribution in [0.1, 0.15) is 32.9 Å². The predicted octanol–water partition coefficient (Wildman–Crippen LogP) is 4.08. The van der Waals surface area contributed by atoms with E-state index in [-0.39, 0.29) is 24.4 Å². The lowest BCUT2D eigenvalue weighted by atomic mass is 10.0. The van der Waals surface area contributed by atoms with Gasteiger partial charge in [0.05, 0.1) is 4.88 Å². The van der Waals surface area contributed by atoms with Gasteiger partial charge in [-0.2, -0.15) is 0 Å². The van der Waals surface area contributed by atoms with E-state index in [9.17, 15) is 9.59 Å². The molecule has 1 N–H and O–H groups in total. The Bertz CT molecular complexity index is 756. The molecular weight excluding hydrogens is 270 g/mol. The number of hydrogen-bond donors (Lipinski definition) is 1. The number of H-pyrrole nitrogens is 1. The first-order valence-corrected chi connectivity index (χ1v) is 7.29. The van der Waals surface area contributed by atoms with E-state index in [1.54, 1.807) is 12.1 Å². The van der Waals surface area contributed by atoms with Crippen molar-refractivity contribution < 1.29 is 9.59 Å². The SMILES string of the molecule is O=C(CCC(=O)c1cccs1)c1ccc2[nH]ccc2c1. The highest BCUT2D eigenvalue weighted by atomic mass is 32.1. The number of Topliss-reactive ketones (excluding diaryl/α,β-unsaturated/α-hetero) is 2. The first-order valence-electron chi connectivity index (χ1n) is 6.41. The summed E-state index contributed by atoms with van der Waals surface area (Å²) in [5.74, 6) is 0.0501. The van der Waals surface area contributed by atoms with Crippen LogP contribution in [0.4, 0.5) is 0 Å². The Morgan fingerprint density at radius 2 is 1.90 bits per heavy atom. The average Bonchev–Trinajstić information content (AvgIpc) is 3.13. The van der Waals surface area contributed by atoms with Gasteiger partial charge in [-0.3, -0.25) is 9.59 Å². The summed E-state index contributed by atoms with van der Waals surface area (Å²) in [5, 5.41) is 2.88. The van der Waals surface area contributed by atoms with Crippen molar-refractivity contribution in [2.75, 3.05) is 0 Å². The van der Waals surface area contributed by atoms with Gasteiger partial charge in [0.15, 0.2) is 11.6 Å². The second-order valence-corrected chi connectivity index (χ2v) is 5.55. The number of fused-ring (bicyclic) bond motifs is 1. The molecule has 100 valence electrons. The summed E-state index contributed by atoms with van der Waals surface area (Å²) < 4.78 is 0. The Kier molecular flexibility index (Phi) is 3.48. The van der Waals surface area contributed by atoms with E-state index in [0.29, 0.717) is 5.56 Å². The minimum atomic E-state index is 0.0120. The van der Waals surface area contributed by atoms with Gasteiger partial charge in [0.1, 0.15) is 0 Å². The smallest absolute Gasteiger partial charge is 0.173 e. The lowest BCUT2D eigenvalue weighted by molar-refractivity contribution is 0.0919. The zero-order valence-corrected chi connectivity index (χ0v) is 11.6. The highest BCUT2D eigenvalue weighted by molar-refractivity contribution is 7.12. The van der Waals surface area contributed by atoms with Crippen molar-refractivity contribution in [3.63, 3.8) is 0 Å². The number of carbonyl (C=O) groups is 2. The summed E-state index contributed by atoms with van der Waals surface area (Å²) in [7, 11) is 0. The van der Waals surface area contributed by atoms with Crippen LogP contribution in [-0.4, -0.2) is 16.6 Å². The lowest BCUT2D eigenvalue weighted by Crippen LogP contribution is -2.04. The fourth-order valence-corrected chi connectivity index (χ4v) is 2.85. The molecule has 20 heavy (non-hydrogen) atoms. The third kappa shape index (κ3) is 2.56. The number of benzene rings is 1. The van der Waals surface area contributed by atoms with Crippen molar-refractivity contribution in [3.05, 3.63) is 58.4 Å². The molecule has 0 radical (unpaired) electrons. The first-order chi connectivity index (χ1) is 9.74. The largest absolute Gasteiger partial charge is 0.361 e. The van der Waals surface area contributed by atoms with Crippen molar-refractivity contribution in [1.29, 1.82) is 0 Å². The van der Waals surface area contributed by atoms with E-state index in [4.69, 9.17) is 0 Å². The molecule has 2 heterocycles. The lowest BCUT2D eigenvalue weighted by Gasteiger charge is -2.01. The fraction of sp³-hybridized carbons (Fsp3) is 0.125. The van der Waals surface area contributed by atoms with Crippen LogP contribution in [0.3, 0.4) is 0 Å². The van der Waals surface area contributed by atoms with E-state index >= 15 is 0 Å². The number of rotatable bonds is 5. The molecule has 4 heteroatoms. The zero-order chi connectivity index (χ0) is 13.9. The molecule has 0 aliphatic carbocycles. The van der Waals surface area contributed by atoms with Crippen LogP contribution >= 0.6 is 11.3 Å². The molecule has 0 spiro atoms. The molecule has 3 aromatic rings. The number of aromatic amines is 1. The van der Waals surface area contributed by atoms with Crippen LogP contribution in [0.15, 0.2) is 48.0 Å². The van der Waals surface area contributed by atoms with Crippen molar-refractivity contribution in [2.45, 2.75) is 12.8 Å². The van der Waals surface area contributed by atoms with E-state index in [1.807, 2.05) is 35.8 Å². The van der Waals surface area contributed by atoms with Gasteiger partial charge in [0.2, 0.25) is 0 Å². The normalized spacial score (nSPS) is 10.8. The van der Waals surface area contributed by atoms with Crippen molar-refractivity contribution in [1.82, 2.24) is 4.98 Å². The Hall–Kier alpha value is -2.20. The zero-order valence-electron chi connectivity index (χ0n) is 10.8. The predicted molar refractivity (Wildman–Crippen MR) is 80.5 cm³/mol. The Labute approximate surface area is 120 Å². The Morgan fingerprint density at radius 3 is 2.70 bits per heavy atom. The van der Waals surface area contributed by atoms with Crippen LogP contribution < -0.4 is 0 Å². The van der Waals surface area contributed by atoms with E-state index in [1.165, 1.54) is 11.3 Å². The van der Waals surface area contributed by atoms with Gasteiger partial charge in [-0.05, 0) is 35.7 Å². The second-order valence-electron chi connectivity index (χ2n) is 4.60. The highest BCUT2D eigenvalue weighted by Crippen LogP contribution is 2.17. The highest BCUT2D eigenvalue weighted by Gasteiger charge is 2.12. The topological polar surface area (TPSA) is 49.9 Å². The number of ketones is 2. The molecule has 0 bridgehead atoms. The Morgan fingerprint density at radius 1 is 1.05 bits per heavy atom. The van der Waals surface area contributed by atoms with Crippen molar-refractivity contribution in [3.8, 4) is 0 Å². The van der Waals surface area contributed by atoms with Crippen LogP contribution in [0, 0.1) is 0 Å². The molecule has 0 aliphatic heterocycles. The molecule has 3 nitrogen and oxygen atoms in total. The molecule has 0 aliphatic rings. The molecule has 0 amide bonds. The maximum absolute atomic E-state index is 12.1. The minimum absolute atomic E-state index is 0.0120. The molecule has 3 rings (SSSR count). The van der Waals surface area contributed by atoms with Crippen LogP contribution in [-0.2, 0) is 0 Å². The van der Waals surface area contributed by atoms with Gasteiger partial charge >= 0.3 is 0 Å². The fourth-order valence-electron chi connectivity index (χ4n) is 2.16.